The van der Waals surface area contributed by atoms with E-state index < -0.39 is 34.8 Å². The smallest absolute Gasteiger partial charge is 0.311 e. The second-order valence-electron chi connectivity index (χ2n) is 14.8. The molecule has 0 fully saturated rings. The van der Waals surface area contributed by atoms with Crippen molar-refractivity contribution in [2.75, 3.05) is 25.2 Å². The number of carboxylic acid groups (broad SMARTS) is 1. The molecule has 0 aliphatic heterocycles. The summed E-state index contributed by atoms with van der Waals surface area (Å²) >= 11 is 1.56. The van der Waals surface area contributed by atoms with Crippen LogP contribution < -0.4 is 0 Å². The van der Waals surface area contributed by atoms with Crippen molar-refractivity contribution in [2.45, 2.75) is 103 Å². The van der Waals surface area contributed by atoms with E-state index in [1.807, 2.05) is 49.4 Å². The highest BCUT2D eigenvalue weighted by Gasteiger charge is 2.48. The van der Waals surface area contributed by atoms with E-state index in [2.05, 4.69) is 62.4 Å². The number of esters is 2. The lowest BCUT2D eigenvalue weighted by molar-refractivity contribution is -0.161. The summed E-state index contributed by atoms with van der Waals surface area (Å²) in [6.07, 6.45) is 4.96. The fraction of sp³-hybridized carbons (Fsp3) is 0.523. The van der Waals surface area contributed by atoms with Gasteiger partial charge < -0.3 is 19.7 Å². The molecule has 3 rings (SSSR count). The molecule has 0 aliphatic carbocycles. The van der Waals surface area contributed by atoms with Gasteiger partial charge >= 0.3 is 17.9 Å². The van der Waals surface area contributed by atoms with Gasteiger partial charge in [0.1, 0.15) is 6.61 Å². The largest absolute Gasteiger partial charge is 0.481 e. The average Bonchev–Trinajstić information content (AvgIpc) is 3.16. The lowest BCUT2D eigenvalue weighted by atomic mass is 9.59. The van der Waals surface area contributed by atoms with Crippen LogP contribution in [-0.2, 0) is 29.3 Å². The number of methoxy groups -OCH3 is 1. The third kappa shape index (κ3) is 13.1. The molecule has 0 heterocycles. The molecular formula is C44H60O7S. The number of hydrogen-bond acceptors (Lipinski definition) is 7. The lowest BCUT2D eigenvalue weighted by Gasteiger charge is -2.44. The predicted octanol–water partition coefficient (Wildman–Crippen LogP) is 9.46. The van der Waals surface area contributed by atoms with Crippen molar-refractivity contribution >= 4 is 29.7 Å². The average molecular weight is 733 g/mol. The van der Waals surface area contributed by atoms with Gasteiger partial charge in [0, 0.05) is 17.6 Å². The van der Waals surface area contributed by atoms with E-state index in [1.54, 1.807) is 18.7 Å². The first-order chi connectivity index (χ1) is 24.9. The molecule has 8 heteroatoms. The number of unbranched alkanes of at least 4 members (excludes halogenated alkanes) is 2. The maximum Gasteiger partial charge on any atom is 0.311 e. The number of aliphatic hydroxyl groups is 1. The van der Waals surface area contributed by atoms with E-state index in [-0.39, 0.29) is 31.3 Å². The molecule has 5 unspecified atom stereocenters. The Kier molecular flexibility index (Phi) is 17.9. The van der Waals surface area contributed by atoms with Gasteiger partial charge in [-0.05, 0) is 79.7 Å². The van der Waals surface area contributed by atoms with Gasteiger partial charge in [-0.15, -0.1) is 0 Å². The fourth-order valence-electron chi connectivity index (χ4n) is 7.45. The van der Waals surface area contributed by atoms with E-state index in [1.165, 1.54) is 12.7 Å². The molecule has 0 amide bonds. The summed E-state index contributed by atoms with van der Waals surface area (Å²) in [5.41, 5.74) is 1.67. The monoisotopic (exact) mass is 732 g/mol. The Hall–Kier alpha value is -3.62. The van der Waals surface area contributed by atoms with E-state index >= 15 is 0 Å². The van der Waals surface area contributed by atoms with Crippen LogP contribution in [0.4, 0.5) is 0 Å². The SMILES string of the molecule is CCC(C)CC(CC(CC(C)(CC(C)C(=O)OC)C(=O)OCC(O)CSCCCCCC(=O)O)(c1ccccc1)c1ccccc1)c1ccccc1. The summed E-state index contributed by atoms with van der Waals surface area (Å²) < 4.78 is 11.1. The van der Waals surface area contributed by atoms with Crippen molar-refractivity contribution in [3.63, 3.8) is 0 Å². The molecule has 0 aromatic heterocycles. The molecule has 5 atom stereocenters. The van der Waals surface area contributed by atoms with Crippen molar-refractivity contribution < 1.29 is 34.1 Å². The maximum atomic E-state index is 14.5. The van der Waals surface area contributed by atoms with Crippen LogP contribution in [0.25, 0.3) is 0 Å². The fourth-order valence-corrected chi connectivity index (χ4v) is 8.40. The Labute approximate surface area is 315 Å². The number of rotatable bonds is 24. The number of hydrogen-bond donors (Lipinski definition) is 2. The van der Waals surface area contributed by atoms with Crippen LogP contribution in [0.15, 0.2) is 91.0 Å². The van der Waals surface area contributed by atoms with E-state index in [9.17, 15) is 19.5 Å². The zero-order valence-corrected chi connectivity index (χ0v) is 32.6. The molecule has 0 bridgehead atoms. The Bertz CT molecular complexity index is 1440. The predicted molar refractivity (Wildman–Crippen MR) is 210 cm³/mol. The Morgan fingerprint density at radius 2 is 1.40 bits per heavy atom. The number of ether oxygens (including phenoxy) is 2. The molecule has 52 heavy (non-hydrogen) atoms. The second kappa shape index (κ2) is 21.8. The van der Waals surface area contributed by atoms with Crippen LogP contribution in [0.5, 0.6) is 0 Å². The third-order valence-corrected chi connectivity index (χ3v) is 11.5. The number of thioether (sulfide) groups is 1. The van der Waals surface area contributed by atoms with Gasteiger partial charge in [0.25, 0.3) is 0 Å². The van der Waals surface area contributed by atoms with E-state index in [0.29, 0.717) is 24.5 Å². The van der Waals surface area contributed by atoms with Crippen LogP contribution in [0.2, 0.25) is 0 Å². The normalized spacial score (nSPS) is 15.1. The summed E-state index contributed by atoms with van der Waals surface area (Å²) in [6, 6.07) is 31.4. The number of benzene rings is 3. The van der Waals surface area contributed by atoms with Crippen molar-refractivity contribution in [2.24, 2.45) is 17.3 Å². The van der Waals surface area contributed by atoms with Crippen LogP contribution in [-0.4, -0.2) is 59.4 Å². The first-order valence-electron chi connectivity index (χ1n) is 18.8. The number of aliphatic hydroxyl groups excluding tert-OH is 1. The molecule has 3 aromatic rings. The van der Waals surface area contributed by atoms with Gasteiger partial charge in [0.05, 0.1) is 24.5 Å². The summed E-state index contributed by atoms with van der Waals surface area (Å²) in [7, 11) is 1.37. The number of carbonyl (C=O) groups excluding carboxylic acids is 2. The molecule has 0 saturated heterocycles. The van der Waals surface area contributed by atoms with Crippen molar-refractivity contribution in [1.29, 1.82) is 0 Å². The van der Waals surface area contributed by atoms with Crippen LogP contribution in [0.1, 0.15) is 108 Å². The zero-order chi connectivity index (χ0) is 38.0. The van der Waals surface area contributed by atoms with Gasteiger partial charge in [0.2, 0.25) is 0 Å². The van der Waals surface area contributed by atoms with Crippen LogP contribution >= 0.6 is 11.8 Å². The van der Waals surface area contributed by atoms with E-state index in [4.69, 9.17) is 14.6 Å². The van der Waals surface area contributed by atoms with Gasteiger partial charge in [-0.1, -0.05) is 125 Å². The Morgan fingerprint density at radius 1 is 0.827 bits per heavy atom. The molecule has 0 aliphatic rings. The third-order valence-electron chi connectivity index (χ3n) is 10.3. The summed E-state index contributed by atoms with van der Waals surface area (Å²) in [5, 5.41) is 19.7. The molecule has 2 N–H and O–H groups in total. The molecule has 7 nitrogen and oxygen atoms in total. The molecule has 284 valence electrons. The molecule has 3 aromatic carbocycles. The lowest BCUT2D eigenvalue weighted by Crippen LogP contribution is -2.43. The van der Waals surface area contributed by atoms with Crippen molar-refractivity contribution in [3.8, 4) is 0 Å². The molecule has 0 spiro atoms. The topological polar surface area (TPSA) is 110 Å². The highest BCUT2D eigenvalue weighted by Crippen LogP contribution is 2.51. The van der Waals surface area contributed by atoms with Crippen molar-refractivity contribution in [1.82, 2.24) is 0 Å². The second-order valence-corrected chi connectivity index (χ2v) is 15.9. The molecule has 0 radical (unpaired) electrons. The Balaban J connectivity index is 2.02. The van der Waals surface area contributed by atoms with Gasteiger partial charge in [0.15, 0.2) is 0 Å². The highest BCUT2D eigenvalue weighted by molar-refractivity contribution is 7.99. The minimum Gasteiger partial charge on any atom is -0.481 e. The highest BCUT2D eigenvalue weighted by atomic mass is 32.2. The summed E-state index contributed by atoms with van der Waals surface area (Å²) in [5.74, 6) is -0.351. The first kappa shape index (κ1) is 42.8. The number of carbonyl (C=O) groups is 3. The van der Waals surface area contributed by atoms with Gasteiger partial charge in [-0.25, -0.2) is 0 Å². The molecule has 0 saturated carbocycles. The first-order valence-corrected chi connectivity index (χ1v) is 20.0. The van der Waals surface area contributed by atoms with Crippen molar-refractivity contribution in [3.05, 3.63) is 108 Å². The molecular weight excluding hydrogens is 673 g/mol. The minimum atomic E-state index is -1.13. The zero-order valence-electron chi connectivity index (χ0n) is 31.8. The van der Waals surface area contributed by atoms with Gasteiger partial charge in [-0.3, -0.25) is 14.4 Å². The quantitative estimate of drug-likeness (QED) is 0.0693. The summed E-state index contributed by atoms with van der Waals surface area (Å²) in [4.78, 5) is 38.2. The van der Waals surface area contributed by atoms with Crippen LogP contribution in [0, 0.1) is 17.3 Å². The maximum absolute atomic E-state index is 14.5. The summed E-state index contributed by atoms with van der Waals surface area (Å²) in [6.45, 7) is 8.06. The van der Waals surface area contributed by atoms with Gasteiger partial charge in [-0.2, -0.15) is 11.8 Å². The standard InChI is InChI=1S/C44H60O7S/c1-6-33(2)27-36(35-19-11-7-12-20-35)29-44(37-21-13-8-14-22-37,38-23-15-9-16-24-38)32-43(4,28-34(3)41(48)50-5)42(49)51-30-39(45)31-52-26-18-10-17-25-40(46)47/h7-9,11-16,19-24,33-34,36,39,45H,6,10,17-18,25-32H2,1-5H3,(H,46,47). The minimum absolute atomic E-state index is 0.155. The number of aliphatic carboxylic acids is 1. The number of carboxylic acids is 1. The van der Waals surface area contributed by atoms with Crippen LogP contribution in [0.3, 0.4) is 0 Å². The Morgan fingerprint density at radius 3 is 1.94 bits per heavy atom. The van der Waals surface area contributed by atoms with E-state index in [0.717, 1.165) is 49.0 Å².